The summed E-state index contributed by atoms with van der Waals surface area (Å²) in [6.07, 6.45) is 3.08. The normalized spacial score (nSPS) is 10.1. The Kier molecular flexibility index (Phi) is 2.68. The van der Waals surface area contributed by atoms with Crippen molar-refractivity contribution in [1.82, 2.24) is 9.97 Å². The number of carbonyl (C=O) groups excluding carboxylic acids is 1. The van der Waals surface area contributed by atoms with Crippen LogP contribution in [0.1, 0.15) is 10.4 Å². The van der Waals surface area contributed by atoms with Gasteiger partial charge in [0.25, 0.3) is 0 Å². The van der Waals surface area contributed by atoms with Gasteiger partial charge in [0, 0.05) is 12.3 Å². The van der Waals surface area contributed by atoms with Gasteiger partial charge in [-0.05, 0) is 6.07 Å². The Morgan fingerprint density at radius 3 is 2.81 bits per heavy atom. The van der Waals surface area contributed by atoms with E-state index in [2.05, 4.69) is 14.7 Å². The highest BCUT2D eigenvalue weighted by molar-refractivity contribution is 6.01. The molecule has 0 bridgehead atoms. The largest absolute Gasteiger partial charge is 0.495 e. The minimum Gasteiger partial charge on any atom is -0.495 e. The van der Waals surface area contributed by atoms with Crippen LogP contribution < -0.4 is 4.74 Å². The Labute approximate surface area is 92.0 Å². The van der Waals surface area contributed by atoms with Crippen molar-refractivity contribution in [1.29, 1.82) is 0 Å². The summed E-state index contributed by atoms with van der Waals surface area (Å²) >= 11 is 0. The average molecular weight is 218 g/mol. The molecule has 5 nitrogen and oxygen atoms in total. The summed E-state index contributed by atoms with van der Waals surface area (Å²) in [5, 5.41) is 0. The molecule has 0 amide bonds. The van der Waals surface area contributed by atoms with Gasteiger partial charge in [-0.1, -0.05) is 0 Å². The second kappa shape index (κ2) is 4.14. The van der Waals surface area contributed by atoms with Crippen molar-refractivity contribution in [2.24, 2.45) is 0 Å². The molecule has 0 atom stereocenters. The van der Waals surface area contributed by atoms with Crippen molar-refractivity contribution < 1.29 is 14.3 Å². The molecule has 0 spiro atoms. The molecule has 82 valence electrons. The van der Waals surface area contributed by atoms with Crippen LogP contribution in [0.2, 0.25) is 0 Å². The van der Waals surface area contributed by atoms with Crippen LogP contribution in [0.15, 0.2) is 24.5 Å². The van der Waals surface area contributed by atoms with E-state index < -0.39 is 5.97 Å². The summed E-state index contributed by atoms with van der Waals surface area (Å²) in [6.45, 7) is 0. The monoisotopic (exact) mass is 218 g/mol. The smallest absolute Gasteiger partial charge is 0.340 e. The Morgan fingerprint density at radius 1 is 1.31 bits per heavy atom. The fourth-order valence-electron chi connectivity index (χ4n) is 1.40. The summed E-state index contributed by atoms with van der Waals surface area (Å²) in [7, 11) is 2.88. The lowest BCUT2D eigenvalue weighted by atomic mass is 10.2. The minimum atomic E-state index is -0.426. The Morgan fingerprint density at radius 2 is 2.12 bits per heavy atom. The van der Waals surface area contributed by atoms with Gasteiger partial charge in [-0.3, -0.25) is 4.98 Å². The number of hydrogen-bond donors (Lipinski definition) is 0. The molecule has 2 rings (SSSR count). The van der Waals surface area contributed by atoms with Gasteiger partial charge in [-0.2, -0.15) is 0 Å². The maximum Gasteiger partial charge on any atom is 0.340 e. The second-order valence-electron chi connectivity index (χ2n) is 3.09. The molecule has 0 aliphatic carbocycles. The van der Waals surface area contributed by atoms with Gasteiger partial charge in [0.1, 0.15) is 11.3 Å². The highest BCUT2D eigenvalue weighted by atomic mass is 16.5. The minimum absolute atomic E-state index is 0.398. The van der Waals surface area contributed by atoms with Crippen molar-refractivity contribution in [3.63, 3.8) is 0 Å². The number of esters is 1. The third-order valence-electron chi connectivity index (χ3n) is 2.19. The van der Waals surface area contributed by atoms with E-state index in [1.165, 1.54) is 19.5 Å². The summed E-state index contributed by atoms with van der Waals surface area (Å²) in [5.74, 6) is 0.173. The van der Waals surface area contributed by atoms with Crippen LogP contribution in [-0.2, 0) is 4.74 Å². The van der Waals surface area contributed by atoms with Crippen LogP contribution in [0.3, 0.4) is 0 Å². The van der Waals surface area contributed by atoms with Crippen LogP contribution in [0, 0.1) is 0 Å². The molecular formula is C11H10N2O3. The van der Waals surface area contributed by atoms with Gasteiger partial charge in [0.2, 0.25) is 0 Å². The van der Waals surface area contributed by atoms with Gasteiger partial charge < -0.3 is 9.47 Å². The predicted octanol–water partition coefficient (Wildman–Crippen LogP) is 1.42. The summed E-state index contributed by atoms with van der Waals surface area (Å²) < 4.78 is 9.69. The molecule has 2 heterocycles. The average Bonchev–Trinajstić information content (AvgIpc) is 2.36. The molecule has 0 aromatic carbocycles. The number of fused-ring (bicyclic) bond motifs is 1. The lowest BCUT2D eigenvalue weighted by Crippen LogP contribution is -2.03. The number of rotatable bonds is 2. The van der Waals surface area contributed by atoms with Gasteiger partial charge in [-0.15, -0.1) is 0 Å². The first-order valence-electron chi connectivity index (χ1n) is 4.63. The lowest BCUT2D eigenvalue weighted by molar-refractivity contribution is 0.0602. The molecule has 0 aliphatic heterocycles. The van der Waals surface area contributed by atoms with Crippen LogP contribution >= 0.6 is 0 Å². The Hall–Kier alpha value is -2.17. The molecule has 0 radical (unpaired) electrons. The molecule has 0 fully saturated rings. The van der Waals surface area contributed by atoms with Crippen molar-refractivity contribution in [2.45, 2.75) is 0 Å². The molecule has 0 aliphatic rings. The van der Waals surface area contributed by atoms with E-state index in [-0.39, 0.29) is 0 Å². The van der Waals surface area contributed by atoms with E-state index in [0.717, 1.165) is 0 Å². The summed E-state index contributed by atoms with van der Waals surface area (Å²) in [5.41, 5.74) is 1.51. The maximum absolute atomic E-state index is 11.5. The van der Waals surface area contributed by atoms with Crippen LogP contribution in [-0.4, -0.2) is 30.2 Å². The number of aromatic nitrogens is 2. The van der Waals surface area contributed by atoms with Crippen molar-refractivity contribution >= 4 is 17.0 Å². The molecule has 2 aromatic rings. The fraction of sp³-hybridized carbons (Fsp3) is 0.182. The third-order valence-corrected chi connectivity index (χ3v) is 2.19. The quantitative estimate of drug-likeness (QED) is 0.713. The van der Waals surface area contributed by atoms with Crippen molar-refractivity contribution in [3.05, 3.63) is 30.1 Å². The highest BCUT2D eigenvalue weighted by Crippen LogP contribution is 2.19. The Balaban J connectivity index is 2.65. The lowest BCUT2D eigenvalue weighted by Gasteiger charge is -2.04. The fourth-order valence-corrected chi connectivity index (χ4v) is 1.40. The summed E-state index contributed by atoms with van der Waals surface area (Å²) in [4.78, 5) is 19.7. The zero-order chi connectivity index (χ0) is 11.5. The van der Waals surface area contributed by atoms with E-state index >= 15 is 0 Å². The van der Waals surface area contributed by atoms with Crippen LogP contribution in [0.4, 0.5) is 0 Å². The van der Waals surface area contributed by atoms with Crippen LogP contribution in [0.5, 0.6) is 5.75 Å². The molecule has 16 heavy (non-hydrogen) atoms. The second-order valence-corrected chi connectivity index (χ2v) is 3.09. The highest BCUT2D eigenvalue weighted by Gasteiger charge is 2.12. The van der Waals surface area contributed by atoms with E-state index in [0.29, 0.717) is 22.3 Å². The first-order chi connectivity index (χ1) is 7.76. The number of hydrogen-bond acceptors (Lipinski definition) is 5. The zero-order valence-corrected chi connectivity index (χ0v) is 8.93. The van der Waals surface area contributed by atoms with Crippen LogP contribution in [0.25, 0.3) is 11.0 Å². The van der Waals surface area contributed by atoms with Gasteiger partial charge in [0.05, 0.1) is 31.5 Å². The first-order valence-corrected chi connectivity index (χ1v) is 4.63. The number of methoxy groups -OCH3 is 2. The molecule has 0 N–H and O–H groups in total. The number of ether oxygens (including phenoxy) is 2. The first kappa shape index (κ1) is 10.4. The SMILES string of the molecule is COC(=O)c1ccnc2cc(OC)cnc12. The maximum atomic E-state index is 11.5. The molecular weight excluding hydrogens is 208 g/mol. The van der Waals surface area contributed by atoms with Gasteiger partial charge in [-0.25, -0.2) is 9.78 Å². The molecule has 5 heteroatoms. The topological polar surface area (TPSA) is 61.3 Å². The third kappa shape index (κ3) is 1.67. The number of pyridine rings is 2. The predicted molar refractivity (Wildman–Crippen MR) is 57.4 cm³/mol. The Bertz CT molecular complexity index is 540. The standard InChI is InChI=1S/C11H10N2O3/c1-15-7-5-9-10(13-6-7)8(3-4-12-9)11(14)16-2/h3-6H,1-2H3. The molecule has 0 unspecified atom stereocenters. The molecule has 0 saturated carbocycles. The van der Waals surface area contributed by atoms with Gasteiger partial charge in [0.15, 0.2) is 0 Å². The van der Waals surface area contributed by atoms with E-state index in [9.17, 15) is 4.79 Å². The van der Waals surface area contributed by atoms with Crippen molar-refractivity contribution in [2.75, 3.05) is 14.2 Å². The van der Waals surface area contributed by atoms with Gasteiger partial charge >= 0.3 is 5.97 Å². The van der Waals surface area contributed by atoms with E-state index in [1.807, 2.05) is 0 Å². The van der Waals surface area contributed by atoms with E-state index in [1.54, 1.807) is 19.2 Å². The van der Waals surface area contributed by atoms with E-state index in [4.69, 9.17) is 4.74 Å². The van der Waals surface area contributed by atoms with Crippen molar-refractivity contribution in [3.8, 4) is 5.75 Å². The molecule has 0 saturated heterocycles. The summed E-state index contributed by atoms with van der Waals surface area (Å²) in [6, 6.07) is 3.29. The zero-order valence-electron chi connectivity index (χ0n) is 8.93. The number of carbonyl (C=O) groups is 1. The molecule has 2 aromatic heterocycles. The number of nitrogens with zero attached hydrogens (tertiary/aromatic N) is 2.